The number of nitrogens with zero attached hydrogens (tertiary/aromatic N) is 3. The number of pyridine rings is 1. The molecule has 0 bridgehead atoms. The van der Waals surface area contributed by atoms with Crippen LogP contribution in [-0.2, 0) is 16.1 Å². The van der Waals surface area contributed by atoms with Gasteiger partial charge in [0.2, 0.25) is 5.91 Å². The monoisotopic (exact) mass is 337 g/mol. The number of alkyl carbamates (subject to hydrolysis) is 1. The molecule has 8 heteroatoms. The topological polar surface area (TPSA) is 98.1 Å². The van der Waals surface area contributed by atoms with Gasteiger partial charge in [-0.05, 0) is 18.2 Å². The summed E-state index contributed by atoms with van der Waals surface area (Å²) in [5, 5.41) is 5.26. The molecule has 2 N–H and O–H groups in total. The summed E-state index contributed by atoms with van der Waals surface area (Å²) in [7, 11) is 0. The summed E-state index contributed by atoms with van der Waals surface area (Å²) in [5.74, 6) is 0.402. The van der Waals surface area contributed by atoms with Crippen LogP contribution in [0, 0.1) is 0 Å². The molecule has 1 atom stereocenters. The molecule has 1 fully saturated rings. The van der Waals surface area contributed by atoms with Gasteiger partial charge in [0.1, 0.15) is 24.8 Å². The van der Waals surface area contributed by atoms with Crippen molar-refractivity contribution in [2.75, 3.05) is 6.61 Å². The first-order valence-corrected chi connectivity index (χ1v) is 7.80. The normalized spacial score (nSPS) is 16.5. The number of hydrogen-bond acceptors (Lipinski definition) is 5. The van der Waals surface area contributed by atoms with Gasteiger partial charge in [-0.3, -0.25) is 9.36 Å². The Hall–Kier alpha value is -3.42. The Morgan fingerprint density at radius 2 is 2.16 bits per heavy atom. The molecule has 1 unspecified atom stereocenters. The Morgan fingerprint density at radius 3 is 3.00 bits per heavy atom. The van der Waals surface area contributed by atoms with E-state index in [4.69, 9.17) is 4.74 Å². The van der Waals surface area contributed by atoms with E-state index < -0.39 is 12.1 Å². The molecule has 126 valence electrons. The van der Waals surface area contributed by atoms with E-state index in [1.54, 1.807) is 12.5 Å². The highest BCUT2D eigenvalue weighted by Crippen LogP contribution is 2.19. The van der Waals surface area contributed by atoms with Crippen LogP contribution in [0.5, 0.6) is 0 Å². The Labute approximate surface area is 142 Å². The van der Waals surface area contributed by atoms with E-state index in [-0.39, 0.29) is 19.1 Å². The van der Waals surface area contributed by atoms with Crippen molar-refractivity contribution in [3.63, 3.8) is 0 Å². The number of aromatic nitrogens is 3. The number of imidazole rings is 1. The molecular weight excluding hydrogens is 322 g/mol. The highest BCUT2D eigenvalue weighted by Gasteiger charge is 2.28. The average Bonchev–Trinajstić information content (AvgIpc) is 3.26. The summed E-state index contributed by atoms with van der Waals surface area (Å²) < 4.78 is 6.62. The number of nitrogens with one attached hydrogen (secondary N) is 2. The average molecular weight is 337 g/mol. The van der Waals surface area contributed by atoms with Crippen LogP contribution in [0.3, 0.4) is 0 Å². The number of ether oxygens (including phenoxy) is 1. The second kappa shape index (κ2) is 6.23. The minimum Gasteiger partial charge on any atom is -0.447 e. The van der Waals surface area contributed by atoms with Crippen molar-refractivity contribution < 1.29 is 14.3 Å². The lowest BCUT2D eigenvalue weighted by Gasteiger charge is -2.12. The van der Waals surface area contributed by atoms with Gasteiger partial charge in [-0.15, -0.1) is 0 Å². The second-order valence-electron chi connectivity index (χ2n) is 5.60. The summed E-state index contributed by atoms with van der Waals surface area (Å²) in [5.41, 5.74) is 2.64. The van der Waals surface area contributed by atoms with Gasteiger partial charge in [0.25, 0.3) is 0 Å². The number of rotatable bonds is 4. The van der Waals surface area contributed by atoms with Crippen molar-refractivity contribution in [1.29, 1.82) is 0 Å². The lowest BCUT2D eigenvalue weighted by molar-refractivity contribution is -0.122. The van der Waals surface area contributed by atoms with Crippen LogP contribution in [0.15, 0.2) is 48.9 Å². The quantitative estimate of drug-likeness (QED) is 0.744. The standard InChI is InChI=1S/C17H15N5O3/c23-16(13-9-25-17(24)21-13)19-8-11-4-3-7-18-15(11)22-10-20-12-5-1-2-6-14(12)22/h1-7,10,13H,8-9H2,(H,19,23)(H,21,24). The summed E-state index contributed by atoms with van der Waals surface area (Å²) in [6, 6.07) is 10.8. The molecule has 0 saturated carbocycles. The summed E-state index contributed by atoms with van der Waals surface area (Å²) in [6.45, 7) is 0.317. The van der Waals surface area contributed by atoms with Gasteiger partial charge in [0, 0.05) is 18.3 Å². The lowest BCUT2D eigenvalue weighted by Crippen LogP contribution is -2.42. The van der Waals surface area contributed by atoms with Crippen molar-refractivity contribution in [3.05, 3.63) is 54.5 Å². The molecule has 4 rings (SSSR count). The first-order chi connectivity index (χ1) is 12.2. The molecular formula is C17H15N5O3. The Morgan fingerprint density at radius 1 is 1.28 bits per heavy atom. The van der Waals surface area contributed by atoms with E-state index >= 15 is 0 Å². The van der Waals surface area contributed by atoms with Crippen LogP contribution < -0.4 is 10.6 Å². The minimum absolute atomic E-state index is 0.0384. The van der Waals surface area contributed by atoms with E-state index in [2.05, 4.69) is 20.6 Å². The number of fused-ring (bicyclic) bond motifs is 1. The van der Waals surface area contributed by atoms with Gasteiger partial charge >= 0.3 is 6.09 Å². The van der Waals surface area contributed by atoms with E-state index in [0.717, 1.165) is 16.6 Å². The number of cyclic esters (lactones) is 1. The fourth-order valence-corrected chi connectivity index (χ4v) is 2.74. The second-order valence-corrected chi connectivity index (χ2v) is 5.60. The highest BCUT2D eigenvalue weighted by atomic mass is 16.6. The maximum atomic E-state index is 12.1. The third-order valence-corrected chi connectivity index (χ3v) is 3.99. The molecule has 1 aliphatic rings. The predicted octanol–water partition coefficient (Wildman–Crippen LogP) is 1.15. The summed E-state index contributed by atoms with van der Waals surface area (Å²) in [6.07, 6.45) is 2.83. The first-order valence-electron chi connectivity index (χ1n) is 7.80. The van der Waals surface area contributed by atoms with Gasteiger partial charge in [-0.25, -0.2) is 14.8 Å². The minimum atomic E-state index is -0.665. The Bertz CT molecular complexity index is 952. The van der Waals surface area contributed by atoms with Gasteiger partial charge in [-0.2, -0.15) is 0 Å². The van der Waals surface area contributed by atoms with Crippen LogP contribution in [-0.4, -0.2) is 39.2 Å². The zero-order valence-corrected chi connectivity index (χ0v) is 13.2. The number of hydrogen-bond donors (Lipinski definition) is 2. The van der Waals surface area contributed by atoms with Crippen molar-refractivity contribution in [2.45, 2.75) is 12.6 Å². The zero-order valence-electron chi connectivity index (χ0n) is 13.2. The van der Waals surface area contributed by atoms with Crippen molar-refractivity contribution >= 4 is 23.0 Å². The third kappa shape index (κ3) is 2.89. The maximum absolute atomic E-state index is 12.1. The van der Waals surface area contributed by atoms with Crippen LogP contribution in [0.2, 0.25) is 0 Å². The molecule has 25 heavy (non-hydrogen) atoms. The Kier molecular flexibility index (Phi) is 3.77. The van der Waals surface area contributed by atoms with E-state index in [1.807, 2.05) is 41.0 Å². The van der Waals surface area contributed by atoms with E-state index in [9.17, 15) is 9.59 Å². The number of amides is 2. The molecule has 0 aliphatic carbocycles. The smallest absolute Gasteiger partial charge is 0.407 e. The largest absolute Gasteiger partial charge is 0.447 e. The molecule has 1 saturated heterocycles. The first kappa shape index (κ1) is 15.1. The van der Waals surface area contributed by atoms with Gasteiger partial charge < -0.3 is 15.4 Å². The number of para-hydroxylation sites is 2. The van der Waals surface area contributed by atoms with Crippen molar-refractivity contribution in [2.24, 2.45) is 0 Å². The molecule has 1 aliphatic heterocycles. The molecule has 3 heterocycles. The van der Waals surface area contributed by atoms with Crippen LogP contribution >= 0.6 is 0 Å². The third-order valence-electron chi connectivity index (χ3n) is 3.99. The van der Waals surface area contributed by atoms with Gasteiger partial charge in [-0.1, -0.05) is 18.2 Å². The van der Waals surface area contributed by atoms with Crippen molar-refractivity contribution in [1.82, 2.24) is 25.2 Å². The Balaban J connectivity index is 1.57. The van der Waals surface area contributed by atoms with E-state index in [1.165, 1.54) is 0 Å². The molecule has 0 spiro atoms. The summed E-state index contributed by atoms with van der Waals surface area (Å²) >= 11 is 0. The van der Waals surface area contributed by atoms with Gasteiger partial charge in [0.15, 0.2) is 0 Å². The zero-order chi connectivity index (χ0) is 17.2. The van der Waals surface area contributed by atoms with E-state index in [0.29, 0.717) is 5.82 Å². The lowest BCUT2D eigenvalue weighted by atomic mass is 10.2. The van der Waals surface area contributed by atoms with Crippen LogP contribution in [0.4, 0.5) is 4.79 Å². The SMILES string of the molecule is O=C1NC(C(=O)NCc2cccnc2-n2cnc3ccccc32)CO1. The highest BCUT2D eigenvalue weighted by molar-refractivity contribution is 5.87. The molecule has 1 aromatic carbocycles. The van der Waals surface area contributed by atoms with Gasteiger partial charge in [0.05, 0.1) is 11.0 Å². The number of carbonyl (C=O) groups is 2. The number of benzene rings is 1. The molecule has 2 amide bonds. The number of carbonyl (C=O) groups excluding carboxylic acids is 2. The molecule has 8 nitrogen and oxygen atoms in total. The van der Waals surface area contributed by atoms with Crippen LogP contribution in [0.1, 0.15) is 5.56 Å². The fraction of sp³-hybridized carbons (Fsp3) is 0.176. The predicted molar refractivity (Wildman–Crippen MR) is 89.0 cm³/mol. The maximum Gasteiger partial charge on any atom is 0.407 e. The molecule has 2 aromatic heterocycles. The summed E-state index contributed by atoms with van der Waals surface area (Å²) in [4.78, 5) is 32.0. The van der Waals surface area contributed by atoms with Crippen LogP contribution in [0.25, 0.3) is 16.9 Å². The molecule has 3 aromatic rings. The molecule has 0 radical (unpaired) electrons. The fourth-order valence-electron chi connectivity index (χ4n) is 2.74. The van der Waals surface area contributed by atoms with Crippen molar-refractivity contribution in [3.8, 4) is 5.82 Å².